The summed E-state index contributed by atoms with van der Waals surface area (Å²) < 4.78 is 10.5. The second kappa shape index (κ2) is 6.61. The normalized spacial score (nSPS) is 16.9. The molecule has 0 unspecified atom stereocenters. The lowest BCUT2D eigenvalue weighted by atomic mass is 10.2. The highest BCUT2D eigenvalue weighted by Gasteiger charge is 2.18. The van der Waals surface area contributed by atoms with Crippen LogP contribution >= 0.6 is 0 Å². The molecule has 1 aliphatic rings. The monoisotopic (exact) mass is 250 g/mol. The molecule has 0 atom stereocenters. The van der Waals surface area contributed by atoms with Gasteiger partial charge in [-0.05, 0) is 12.1 Å². The number of piperazine rings is 1. The van der Waals surface area contributed by atoms with Crippen LogP contribution in [0.5, 0.6) is 5.75 Å². The molecule has 4 heteroatoms. The van der Waals surface area contributed by atoms with Crippen LogP contribution in [-0.2, 0) is 4.74 Å². The third kappa shape index (κ3) is 3.15. The van der Waals surface area contributed by atoms with E-state index in [1.165, 1.54) is 5.69 Å². The van der Waals surface area contributed by atoms with Crippen LogP contribution in [0.15, 0.2) is 24.3 Å². The quantitative estimate of drug-likeness (QED) is 0.790. The van der Waals surface area contributed by atoms with Crippen molar-refractivity contribution in [3.05, 3.63) is 24.3 Å². The Bertz CT molecular complexity index is 363. The maximum absolute atomic E-state index is 5.42. The third-order valence-corrected chi connectivity index (χ3v) is 3.41. The maximum Gasteiger partial charge on any atom is 0.142 e. The Balaban J connectivity index is 1.92. The lowest BCUT2D eigenvalue weighted by molar-refractivity contribution is 0.144. The van der Waals surface area contributed by atoms with Crippen molar-refractivity contribution in [3.63, 3.8) is 0 Å². The summed E-state index contributed by atoms with van der Waals surface area (Å²) in [4.78, 5) is 4.83. The molecule has 1 aliphatic heterocycles. The van der Waals surface area contributed by atoms with E-state index in [1.807, 2.05) is 12.1 Å². The molecule has 100 valence electrons. The van der Waals surface area contributed by atoms with Gasteiger partial charge in [0, 0.05) is 39.8 Å². The van der Waals surface area contributed by atoms with Crippen molar-refractivity contribution in [2.75, 3.05) is 58.5 Å². The number of nitrogens with zero attached hydrogens (tertiary/aromatic N) is 2. The van der Waals surface area contributed by atoms with E-state index in [4.69, 9.17) is 9.47 Å². The molecule has 1 heterocycles. The zero-order chi connectivity index (χ0) is 12.8. The fraction of sp³-hybridized carbons (Fsp3) is 0.571. The number of methoxy groups -OCH3 is 2. The van der Waals surface area contributed by atoms with E-state index in [9.17, 15) is 0 Å². The Labute approximate surface area is 109 Å². The molecule has 1 aromatic carbocycles. The SMILES string of the molecule is COCCN1CCN(c2ccccc2OC)CC1. The van der Waals surface area contributed by atoms with Crippen LogP contribution in [0.3, 0.4) is 0 Å². The van der Waals surface area contributed by atoms with Gasteiger partial charge in [-0.15, -0.1) is 0 Å². The molecule has 1 fully saturated rings. The number of rotatable bonds is 5. The van der Waals surface area contributed by atoms with Crippen molar-refractivity contribution in [2.45, 2.75) is 0 Å². The fourth-order valence-electron chi connectivity index (χ4n) is 2.32. The Morgan fingerprint density at radius 2 is 1.78 bits per heavy atom. The van der Waals surface area contributed by atoms with Crippen molar-refractivity contribution >= 4 is 5.69 Å². The Hall–Kier alpha value is -1.26. The van der Waals surface area contributed by atoms with E-state index in [2.05, 4.69) is 21.9 Å². The van der Waals surface area contributed by atoms with Gasteiger partial charge >= 0.3 is 0 Å². The van der Waals surface area contributed by atoms with Gasteiger partial charge in [0.2, 0.25) is 0 Å². The molecule has 1 aromatic rings. The lowest BCUT2D eigenvalue weighted by Crippen LogP contribution is -2.47. The molecule has 0 saturated carbocycles. The highest BCUT2D eigenvalue weighted by molar-refractivity contribution is 5.58. The van der Waals surface area contributed by atoms with E-state index in [1.54, 1.807) is 14.2 Å². The molecule has 0 spiro atoms. The Kier molecular flexibility index (Phi) is 4.84. The summed E-state index contributed by atoms with van der Waals surface area (Å²) >= 11 is 0. The van der Waals surface area contributed by atoms with Crippen LogP contribution < -0.4 is 9.64 Å². The van der Waals surface area contributed by atoms with Gasteiger partial charge in [0.05, 0.1) is 19.4 Å². The van der Waals surface area contributed by atoms with E-state index < -0.39 is 0 Å². The number of hydrogen-bond acceptors (Lipinski definition) is 4. The molecule has 0 aliphatic carbocycles. The summed E-state index contributed by atoms with van der Waals surface area (Å²) in [6.07, 6.45) is 0. The number of ether oxygens (including phenoxy) is 2. The van der Waals surface area contributed by atoms with Gasteiger partial charge in [0.15, 0.2) is 0 Å². The van der Waals surface area contributed by atoms with Crippen LogP contribution in [0.4, 0.5) is 5.69 Å². The van der Waals surface area contributed by atoms with Gasteiger partial charge in [-0.3, -0.25) is 4.90 Å². The second-order valence-corrected chi connectivity index (χ2v) is 4.49. The average molecular weight is 250 g/mol. The van der Waals surface area contributed by atoms with Crippen molar-refractivity contribution in [1.82, 2.24) is 4.90 Å². The number of benzene rings is 1. The molecule has 0 radical (unpaired) electrons. The van der Waals surface area contributed by atoms with E-state index in [0.29, 0.717) is 0 Å². The van der Waals surface area contributed by atoms with E-state index >= 15 is 0 Å². The summed E-state index contributed by atoms with van der Waals surface area (Å²) in [7, 11) is 3.48. The highest BCUT2D eigenvalue weighted by atomic mass is 16.5. The molecular formula is C14H22N2O2. The first kappa shape index (κ1) is 13.2. The van der Waals surface area contributed by atoms with Gasteiger partial charge in [0.1, 0.15) is 5.75 Å². The fourth-order valence-corrected chi connectivity index (χ4v) is 2.32. The molecule has 18 heavy (non-hydrogen) atoms. The van der Waals surface area contributed by atoms with Crippen LogP contribution in [0.25, 0.3) is 0 Å². The van der Waals surface area contributed by atoms with Crippen LogP contribution in [0.2, 0.25) is 0 Å². The van der Waals surface area contributed by atoms with Crippen molar-refractivity contribution in [2.24, 2.45) is 0 Å². The highest BCUT2D eigenvalue weighted by Crippen LogP contribution is 2.28. The van der Waals surface area contributed by atoms with Gasteiger partial charge in [-0.25, -0.2) is 0 Å². The zero-order valence-electron chi connectivity index (χ0n) is 11.3. The van der Waals surface area contributed by atoms with E-state index in [0.717, 1.165) is 45.1 Å². The van der Waals surface area contributed by atoms with Crippen LogP contribution in [0, 0.1) is 0 Å². The van der Waals surface area contributed by atoms with Gasteiger partial charge in [-0.2, -0.15) is 0 Å². The molecule has 4 nitrogen and oxygen atoms in total. The average Bonchev–Trinajstić information content (AvgIpc) is 2.45. The van der Waals surface area contributed by atoms with E-state index in [-0.39, 0.29) is 0 Å². The van der Waals surface area contributed by atoms with Crippen LogP contribution in [-0.4, -0.2) is 58.5 Å². The van der Waals surface area contributed by atoms with Gasteiger partial charge < -0.3 is 14.4 Å². The maximum atomic E-state index is 5.42. The molecule has 1 saturated heterocycles. The van der Waals surface area contributed by atoms with Crippen LogP contribution in [0.1, 0.15) is 0 Å². The summed E-state index contributed by atoms with van der Waals surface area (Å²) in [6.45, 7) is 6.10. The largest absolute Gasteiger partial charge is 0.495 e. The standard InChI is InChI=1S/C14H22N2O2/c1-17-12-11-15-7-9-16(10-8-15)13-5-3-4-6-14(13)18-2/h3-6H,7-12H2,1-2H3. The number of hydrogen-bond donors (Lipinski definition) is 0. The van der Waals surface area contributed by atoms with Gasteiger partial charge in [-0.1, -0.05) is 12.1 Å². The van der Waals surface area contributed by atoms with Gasteiger partial charge in [0.25, 0.3) is 0 Å². The predicted octanol–water partition coefficient (Wildman–Crippen LogP) is 1.46. The summed E-state index contributed by atoms with van der Waals surface area (Å²) in [5, 5.41) is 0. The topological polar surface area (TPSA) is 24.9 Å². The molecule has 0 N–H and O–H groups in total. The molecule has 2 rings (SSSR count). The smallest absolute Gasteiger partial charge is 0.142 e. The first-order valence-corrected chi connectivity index (χ1v) is 6.44. The Morgan fingerprint density at radius 1 is 1.06 bits per heavy atom. The molecule has 0 aromatic heterocycles. The van der Waals surface area contributed by atoms with Crippen molar-refractivity contribution in [3.8, 4) is 5.75 Å². The molecule has 0 amide bonds. The summed E-state index contributed by atoms with van der Waals surface area (Å²) in [5.74, 6) is 0.961. The summed E-state index contributed by atoms with van der Waals surface area (Å²) in [6, 6.07) is 8.22. The lowest BCUT2D eigenvalue weighted by Gasteiger charge is -2.36. The van der Waals surface area contributed by atoms with Crippen molar-refractivity contribution < 1.29 is 9.47 Å². The summed E-state index contributed by atoms with van der Waals surface area (Å²) in [5.41, 5.74) is 1.20. The zero-order valence-corrected chi connectivity index (χ0v) is 11.3. The second-order valence-electron chi connectivity index (χ2n) is 4.49. The number of para-hydroxylation sites is 2. The minimum Gasteiger partial charge on any atom is -0.495 e. The number of anilines is 1. The third-order valence-electron chi connectivity index (χ3n) is 3.41. The molecule has 0 bridgehead atoms. The predicted molar refractivity (Wildman–Crippen MR) is 73.5 cm³/mol. The first-order chi connectivity index (χ1) is 8.85. The molecular weight excluding hydrogens is 228 g/mol. The van der Waals surface area contributed by atoms with Crippen molar-refractivity contribution in [1.29, 1.82) is 0 Å². The minimum absolute atomic E-state index is 0.814. The Morgan fingerprint density at radius 3 is 2.44 bits per heavy atom. The first-order valence-electron chi connectivity index (χ1n) is 6.44. The minimum atomic E-state index is 0.814.